The number of para-hydroxylation sites is 1. The van der Waals surface area contributed by atoms with E-state index in [9.17, 15) is 13.2 Å². The summed E-state index contributed by atoms with van der Waals surface area (Å²) in [4.78, 5) is 12.6. The Bertz CT molecular complexity index is 736. The van der Waals surface area contributed by atoms with Gasteiger partial charge in [0.05, 0.1) is 6.26 Å². The second kappa shape index (κ2) is 9.69. The maximum absolute atomic E-state index is 12.6. The Morgan fingerprint density at radius 1 is 1.19 bits per heavy atom. The van der Waals surface area contributed by atoms with Crippen molar-refractivity contribution in [2.45, 2.75) is 77.7 Å². The van der Waals surface area contributed by atoms with E-state index in [1.165, 1.54) is 19.1 Å². The van der Waals surface area contributed by atoms with E-state index in [1.807, 2.05) is 25.1 Å². The SMILES string of the molecule is Cc1cccc(C(C)C)c1NC(=O)CCN(C1CCCCCC1)S(C)(=O)=O. The molecule has 5 nitrogen and oxygen atoms in total. The van der Waals surface area contributed by atoms with E-state index in [-0.39, 0.29) is 24.9 Å². The molecular formula is C21H34N2O3S. The highest BCUT2D eigenvalue weighted by atomic mass is 32.2. The number of rotatable bonds is 7. The summed E-state index contributed by atoms with van der Waals surface area (Å²) >= 11 is 0. The van der Waals surface area contributed by atoms with Crippen molar-refractivity contribution in [3.8, 4) is 0 Å². The molecule has 0 aliphatic heterocycles. The summed E-state index contributed by atoms with van der Waals surface area (Å²) in [6.07, 6.45) is 7.67. The van der Waals surface area contributed by atoms with Gasteiger partial charge in [0.2, 0.25) is 15.9 Å². The zero-order valence-corrected chi connectivity index (χ0v) is 17.9. The average Bonchev–Trinajstić information content (AvgIpc) is 2.84. The molecule has 1 N–H and O–H groups in total. The Hall–Kier alpha value is -1.40. The summed E-state index contributed by atoms with van der Waals surface area (Å²) in [6.45, 7) is 6.43. The lowest BCUT2D eigenvalue weighted by molar-refractivity contribution is -0.116. The Balaban J connectivity index is 2.06. The molecule has 1 aromatic carbocycles. The zero-order valence-electron chi connectivity index (χ0n) is 17.1. The Morgan fingerprint density at radius 2 is 1.81 bits per heavy atom. The summed E-state index contributed by atoms with van der Waals surface area (Å²) in [6, 6.07) is 6.04. The molecule has 0 bridgehead atoms. The van der Waals surface area contributed by atoms with Crippen LogP contribution in [0, 0.1) is 6.92 Å². The number of sulfonamides is 1. The van der Waals surface area contributed by atoms with Gasteiger partial charge < -0.3 is 5.32 Å². The van der Waals surface area contributed by atoms with E-state index in [0.29, 0.717) is 5.92 Å². The van der Waals surface area contributed by atoms with Crippen LogP contribution in [0.25, 0.3) is 0 Å². The second-order valence-electron chi connectivity index (χ2n) is 8.01. The van der Waals surface area contributed by atoms with E-state index < -0.39 is 10.0 Å². The first-order chi connectivity index (χ1) is 12.7. The molecule has 0 unspecified atom stereocenters. The third-order valence-corrected chi connectivity index (χ3v) is 6.74. The van der Waals surface area contributed by atoms with Gasteiger partial charge >= 0.3 is 0 Å². The first-order valence-corrected chi connectivity index (χ1v) is 11.9. The third-order valence-electron chi connectivity index (χ3n) is 5.41. The summed E-state index contributed by atoms with van der Waals surface area (Å²) < 4.78 is 26.2. The van der Waals surface area contributed by atoms with E-state index >= 15 is 0 Å². The molecule has 152 valence electrons. The monoisotopic (exact) mass is 394 g/mol. The number of nitrogens with one attached hydrogen (secondary N) is 1. The molecule has 0 aromatic heterocycles. The van der Waals surface area contributed by atoms with Crippen LogP contribution in [-0.2, 0) is 14.8 Å². The van der Waals surface area contributed by atoms with Crippen molar-refractivity contribution in [1.82, 2.24) is 4.31 Å². The van der Waals surface area contributed by atoms with Gasteiger partial charge in [-0.05, 0) is 36.8 Å². The van der Waals surface area contributed by atoms with E-state index in [1.54, 1.807) is 4.31 Å². The average molecular weight is 395 g/mol. The minimum atomic E-state index is -3.33. The van der Waals surface area contributed by atoms with Crippen molar-refractivity contribution < 1.29 is 13.2 Å². The Kier molecular flexibility index (Phi) is 7.86. The highest BCUT2D eigenvalue weighted by Crippen LogP contribution is 2.28. The van der Waals surface area contributed by atoms with Gasteiger partial charge in [0.1, 0.15) is 0 Å². The second-order valence-corrected chi connectivity index (χ2v) is 9.95. The smallest absolute Gasteiger partial charge is 0.225 e. The van der Waals surface area contributed by atoms with Crippen molar-refractivity contribution in [3.63, 3.8) is 0 Å². The maximum Gasteiger partial charge on any atom is 0.225 e. The molecule has 27 heavy (non-hydrogen) atoms. The summed E-state index contributed by atoms with van der Waals surface area (Å²) in [7, 11) is -3.33. The predicted octanol–water partition coefficient (Wildman–Crippen LogP) is 4.43. The number of aryl methyl sites for hydroxylation is 1. The normalized spacial score (nSPS) is 16.5. The molecule has 1 aliphatic rings. The van der Waals surface area contributed by atoms with Crippen molar-refractivity contribution >= 4 is 21.6 Å². The van der Waals surface area contributed by atoms with Crippen LogP contribution >= 0.6 is 0 Å². The van der Waals surface area contributed by atoms with Gasteiger partial charge in [-0.15, -0.1) is 0 Å². The summed E-state index contributed by atoms with van der Waals surface area (Å²) in [5.74, 6) is 0.173. The summed E-state index contributed by atoms with van der Waals surface area (Å²) in [5.41, 5.74) is 2.99. The van der Waals surface area contributed by atoms with Gasteiger partial charge in [0.15, 0.2) is 0 Å². The molecule has 1 saturated carbocycles. The van der Waals surface area contributed by atoms with E-state index in [0.717, 1.165) is 42.5 Å². The number of carbonyl (C=O) groups excluding carboxylic acids is 1. The van der Waals surface area contributed by atoms with Crippen LogP contribution in [0.5, 0.6) is 0 Å². The Labute approximate surface area is 164 Å². The van der Waals surface area contributed by atoms with Gasteiger partial charge in [-0.1, -0.05) is 57.7 Å². The van der Waals surface area contributed by atoms with Gasteiger partial charge in [0, 0.05) is 24.7 Å². The molecule has 1 fully saturated rings. The van der Waals surface area contributed by atoms with Crippen molar-refractivity contribution in [2.24, 2.45) is 0 Å². The standard InChI is InChI=1S/C21H34N2O3S/c1-16(2)19-13-9-10-17(3)21(19)22-20(24)14-15-23(27(4,25)26)18-11-7-5-6-8-12-18/h9-10,13,16,18H,5-8,11-12,14-15H2,1-4H3,(H,22,24). The van der Waals surface area contributed by atoms with Crippen LogP contribution in [0.15, 0.2) is 18.2 Å². The quantitative estimate of drug-likeness (QED) is 0.696. The fourth-order valence-corrected chi connectivity index (χ4v) is 5.10. The van der Waals surface area contributed by atoms with Crippen LogP contribution in [0.4, 0.5) is 5.69 Å². The Morgan fingerprint density at radius 3 is 2.37 bits per heavy atom. The molecule has 0 spiro atoms. The lowest BCUT2D eigenvalue weighted by Gasteiger charge is -2.28. The van der Waals surface area contributed by atoms with E-state index in [2.05, 4.69) is 19.2 Å². The zero-order chi connectivity index (χ0) is 20.0. The van der Waals surface area contributed by atoms with Crippen molar-refractivity contribution in [3.05, 3.63) is 29.3 Å². The molecule has 0 atom stereocenters. The minimum absolute atomic E-state index is 0.0278. The molecule has 0 radical (unpaired) electrons. The fourth-order valence-electron chi connectivity index (χ4n) is 3.92. The largest absolute Gasteiger partial charge is 0.326 e. The number of amides is 1. The number of nitrogens with zero attached hydrogens (tertiary/aromatic N) is 1. The minimum Gasteiger partial charge on any atom is -0.326 e. The van der Waals surface area contributed by atoms with Crippen LogP contribution in [0.1, 0.15) is 75.8 Å². The van der Waals surface area contributed by atoms with E-state index in [4.69, 9.17) is 0 Å². The topological polar surface area (TPSA) is 66.5 Å². The highest BCUT2D eigenvalue weighted by molar-refractivity contribution is 7.88. The van der Waals surface area contributed by atoms with Gasteiger partial charge in [0.25, 0.3) is 0 Å². The van der Waals surface area contributed by atoms with Gasteiger partial charge in [-0.2, -0.15) is 4.31 Å². The molecule has 2 rings (SSSR count). The van der Waals surface area contributed by atoms with Gasteiger partial charge in [-0.25, -0.2) is 8.42 Å². The highest BCUT2D eigenvalue weighted by Gasteiger charge is 2.27. The van der Waals surface area contributed by atoms with Crippen LogP contribution in [0.3, 0.4) is 0 Å². The molecule has 6 heteroatoms. The van der Waals surface area contributed by atoms with Gasteiger partial charge in [-0.3, -0.25) is 4.79 Å². The number of hydrogen-bond donors (Lipinski definition) is 1. The molecule has 1 aromatic rings. The predicted molar refractivity (Wildman–Crippen MR) is 112 cm³/mol. The van der Waals surface area contributed by atoms with Crippen LogP contribution in [0.2, 0.25) is 0 Å². The first kappa shape index (κ1) is 21.9. The fraction of sp³-hybridized carbons (Fsp3) is 0.667. The number of benzene rings is 1. The van der Waals surface area contributed by atoms with Crippen molar-refractivity contribution in [2.75, 3.05) is 18.1 Å². The molecule has 0 heterocycles. The molecule has 1 aliphatic carbocycles. The molecule has 1 amide bonds. The van der Waals surface area contributed by atoms with Crippen LogP contribution < -0.4 is 5.32 Å². The number of carbonyl (C=O) groups is 1. The number of anilines is 1. The lowest BCUT2D eigenvalue weighted by atomic mass is 9.98. The maximum atomic E-state index is 12.6. The summed E-state index contributed by atoms with van der Waals surface area (Å²) in [5, 5.41) is 3.02. The molecular weight excluding hydrogens is 360 g/mol. The number of hydrogen-bond acceptors (Lipinski definition) is 3. The lowest BCUT2D eigenvalue weighted by Crippen LogP contribution is -2.41. The molecule has 0 saturated heterocycles. The van der Waals surface area contributed by atoms with Crippen molar-refractivity contribution in [1.29, 1.82) is 0 Å². The third kappa shape index (κ3) is 6.32. The first-order valence-electron chi connectivity index (χ1n) is 10.1. The van der Waals surface area contributed by atoms with Crippen LogP contribution in [-0.4, -0.2) is 37.5 Å².